The summed E-state index contributed by atoms with van der Waals surface area (Å²) in [5, 5.41) is 12.0. The van der Waals surface area contributed by atoms with Gasteiger partial charge in [-0.2, -0.15) is 0 Å². The number of carboxylic acids is 1. The summed E-state index contributed by atoms with van der Waals surface area (Å²) in [6.07, 6.45) is 4.60. The van der Waals surface area contributed by atoms with E-state index >= 15 is 0 Å². The highest BCUT2D eigenvalue weighted by Gasteiger charge is 2.37. The minimum Gasteiger partial charge on any atom is -0.481 e. The second kappa shape index (κ2) is 13.1. The molecule has 3 aliphatic rings. The molecule has 2 N–H and O–H groups in total. The Morgan fingerprint density at radius 3 is 2.68 bits per heavy atom. The predicted octanol–water partition coefficient (Wildman–Crippen LogP) is 4.31. The van der Waals surface area contributed by atoms with Gasteiger partial charge in [-0.25, -0.2) is 13.8 Å². The quantitative estimate of drug-likeness (QED) is 0.541. The Bertz CT molecular complexity index is 1020. The van der Waals surface area contributed by atoms with E-state index in [0.717, 1.165) is 69.4 Å². The lowest BCUT2D eigenvalue weighted by molar-refractivity contribution is -0.137. The third kappa shape index (κ3) is 8.36. The topological polar surface area (TPSA) is 77.9 Å². The number of aryl methyl sites for hydroxylation is 2. The van der Waals surface area contributed by atoms with E-state index in [1.165, 1.54) is 17.7 Å². The number of morpholine rings is 1. The number of carbonyl (C=O) groups is 1. The first-order chi connectivity index (χ1) is 17.9. The van der Waals surface area contributed by atoms with Crippen LogP contribution in [0.4, 0.5) is 20.3 Å². The van der Waals surface area contributed by atoms with Crippen LogP contribution in [-0.4, -0.2) is 79.1 Å². The number of benzene rings is 1. The molecule has 2 saturated heterocycles. The Balaban J connectivity index is 0.000000207. The summed E-state index contributed by atoms with van der Waals surface area (Å²) in [6.45, 7) is 6.07. The zero-order valence-electron chi connectivity index (χ0n) is 21.4. The summed E-state index contributed by atoms with van der Waals surface area (Å²) < 4.78 is 32.8. The fourth-order valence-electron chi connectivity index (χ4n) is 5.10. The number of carboxylic acid groups (broad SMARTS) is 1. The second-order valence-electron chi connectivity index (χ2n) is 10.1. The molecule has 3 aliphatic heterocycles. The van der Waals surface area contributed by atoms with Crippen molar-refractivity contribution < 1.29 is 23.4 Å². The molecule has 4 heterocycles. The first-order valence-corrected chi connectivity index (χ1v) is 13.3. The predicted molar refractivity (Wildman–Crippen MR) is 141 cm³/mol. The third-order valence-corrected chi connectivity index (χ3v) is 7.23. The lowest BCUT2D eigenvalue weighted by atomic mass is 9.97. The normalized spacial score (nSPS) is 21.5. The van der Waals surface area contributed by atoms with E-state index in [0.29, 0.717) is 38.8 Å². The van der Waals surface area contributed by atoms with E-state index in [-0.39, 0.29) is 12.2 Å². The molecule has 0 spiro atoms. The van der Waals surface area contributed by atoms with Crippen molar-refractivity contribution in [2.75, 3.05) is 62.7 Å². The Morgan fingerprint density at radius 1 is 1.14 bits per heavy atom. The van der Waals surface area contributed by atoms with Gasteiger partial charge in [0.05, 0.1) is 13.2 Å². The van der Waals surface area contributed by atoms with E-state index in [1.807, 2.05) is 11.0 Å². The van der Waals surface area contributed by atoms with Crippen molar-refractivity contribution in [1.82, 2.24) is 9.88 Å². The van der Waals surface area contributed by atoms with E-state index < -0.39 is 11.6 Å². The maximum absolute atomic E-state index is 15.0. The van der Waals surface area contributed by atoms with Crippen molar-refractivity contribution >= 4 is 17.5 Å². The van der Waals surface area contributed by atoms with Gasteiger partial charge in [0.15, 0.2) is 0 Å². The van der Waals surface area contributed by atoms with Crippen LogP contribution in [0.15, 0.2) is 36.4 Å². The minimum absolute atomic E-state index is 0.155. The molecule has 9 heteroatoms. The Hall–Kier alpha value is -2.78. The molecule has 2 fully saturated rings. The van der Waals surface area contributed by atoms with Crippen molar-refractivity contribution in [2.24, 2.45) is 0 Å². The molecule has 0 saturated carbocycles. The number of fused-ring (bicyclic) bond motifs is 1. The number of aliphatic carboxylic acids is 1. The van der Waals surface area contributed by atoms with Gasteiger partial charge >= 0.3 is 5.97 Å². The molecule has 0 aliphatic carbocycles. The van der Waals surface area contributed by atoms with E-state index in [4.69, 9.17) is 9.84 Å². The van der Waals surface area contributed by atoms with E-state index in [1.54, 1.807) is 12.1 Å². The number of anilines is 2. The number of aromatic nitrogens is 1. The van der Waals surface area contributed by atoms with Crippen LogP contribution in [0.3, 0.4) is 0 Å². The highest BCUT2D eigenvalue weighted by atomic mass is 19.1. The lowest BCUT2D eigenvalue weighted by Gasteiger charge is -2.28. The van der Waals surface area contributed by atoms with Crippen LogP contribution in [-0.2, 0) is 22.4 Å². The third-order valence-electron chi connectivity index (χ3n) is 7.23. The molecule has 0 amide bonds. The summed E-state index contributed by atoms with van der Waals surface area (Å²) in [6, 6.07) is 10.7. The van der Waals surface area contributed by atoms with Crippen molar-refractivity contribution in [3.8, 4) is 0 Å². The second-order valence-corrected chi connectivity index (χ2v) is 10.1. The number of likely N-dealkylation sites (tertiary alicyclic amines) is 1. The van der Waals surface area contributed by atoms with Crippen molar-refractivity contribution in [3.63, 3.8) is 0 Å². The minimum atomic E-state index is -1.17. The number of hydrogen-bond acceptors (Lipinski definition) is 6. The molecular weight excluding hydrogens is 478 g/mol. The van der Waals surface area contributed by atoms with Gasteiger partial charge in [0, 0.05) is 50.5 Å². The molecule has 1 aromatic carbocycles. The summed E-state index contributed by atoms with van der Waals surface area (Å²) >= 11 is 0. The van der Waals surface area contributed by atoms with Gasteiger partial charge in [0.25, 0.3) is 0 Å². The first-order valence-electron chi connectivity index (χ1n) is 13.3. The molecule has 202 valence electrons. The molecule has 5 rings (SSSR count). The molecule has 1 atom stereocenters. The molecular formula is C28H38F2N4O3. The van der Waals surface area contributed by atoms with E-state index in [9.17, 15) is 13.6 Å². The Labute approximate surface area is 217 Å². The Kier molecular flexibility index (Phi) is 9.68. The van der Waals surface area contributed by atoms with Crippen molar-refractivity contribution in [2.45, 2.75) is 50.6 Å². The van der Waals surface area contributed by atoms with Crippen LogP contribution in [0.25, 0.3) is 0 Å². The molecule has 1 aromatic heterocycles. The highest BCUT2D eigenvalue weighted by molar-refractivity contribution is 5.66. The van der Waals surface area contributed by atoms with Gasteiger partial charge in [-0.1, -0.05) is 6.07 Å². The fraction of sp³-hybridized carbons (Fsp3) is 0.571. The maximum Gasteiger partial charge on any atom is 0.303 e. The van der Waals surface area contributed by atoms with Crippen LogP contribution in [0.5, 0.6) is 0 Å². The SMILES string of the molecule is Fc1ccc(N2CCOCC2)cc1.O=C(O)CCCN1CCC(F)(CCc2ccc3c(n2)NCCC3)C1. The largest absolute Gasteiger partial charge is 0.481 e. The monoisotopic (exact) mass is 516 g/mol. The first kappa shape index (κ1) is 27.3. The van der Waals surface area contributed by atoms with Gasteiger partial charge in [0.1, 0.15) is 17.3 Å². The molecule has 7 nitrogen and oxygen atoms in total. The number of halogens is 2. The standard InChI is InChI=1S/C18H26FN3O2.C10H12FNO/c19-18(9-12-22(13-18)11-2-4-16(23)24)8-7-15-6-5-14-3-1-10-20-17(14)21-15;11-9-1-3-10(4-2-9)12-5-7-13-8-6-12/h5-6H,1-4,7-13H2,(H,20,21)(H,23,24);1-4H,5-8H2. The number of rotatable bonds is 8. The van der Waals surface area contributed by atoms with Gasteiger partial charge in [-0.3, -0.25) is 4.79 Å². The van der Waals surface area contributed by atoms with Crippen molar-refractivity contribution in [1.29, 1.82) is 0 Å². The molecule has 1 unspecified atom stereocenters. The van der Waals surface area contributed by atoms with Gasteiger partial charge in [0.2, 0.25) is 0 Å². The number of alkyl halides is 1. The highest BCUT2D eigenvalue weighted by Crippen LogP contribution is 2.31. The number of pyridine rings is 1. The summed E-state index contributed by atoms with van der Waals surface area (Å²) in [7, 11) is 0. The number of hydrogen-bond donors (Lipinski definition) is 2. The van der Waals surface area contributed by atoms with Crippen LogP contribution in [0, 0.1) is 5.82 Å². The van der Waals surface area contributed by atoms with Crippen LogP contribution >= 0.6 is 0 Å². The van der Waals surface area contributed by atoms with E-state index in [2.05, 4.69) is 21.3 Å². The Morgan fingerprint density at radius 2 is 1.92 bits per heavy atom. The van der Waals surface area contributed by atoms with Gasteiger partial charge in [-0.15, -0.1) is 0 Å². The zero-order chi connectivity index (χ0) is 26.1. The number of nitrogens with zero attached hydrogens (tertiary/aromatic N) is 3. The summed E-state index contributed by atoms with van der Waals surface area (Å²) in [4.78, 5) is 19.4. The average Bonchev–Trinajstić information content (AvgIpc) is 3.29. The fourth-order valence-corrected chi connectivity index (χ4v) is 5.10. The molecule has 0 bridgehead atoms. The molecule has 0 radical (unpaired) electrons. The molecule has 37 heavy (non-hydrogen) atoms. The van der Waals surface area contributed by atoms with Gasteiger partial charge in [-0.05, 0) is 81.0 Å². The van der Waals surface area contributed by atoms with Crippen LogP contribution in [0.2, 0.25) is 0 Å². The summed E-state index contributed by atoms with van der Waals surface area (Å²) in [5.41, 5.74) is 2.11. The maximum atomic E-state index is 15.0. The van der Waals surface area contributed by atoms with Crippen LogP contribution < -0.4 is 10.2 Å². The van der Waals surface area contributed by atoms with Gasteiger partial charge < -0.3 is 25.0 Å². The zero-order valence-corrected chi connectivity index (χ0v) is 21.4. The van der Waals surface area contributed by atoms with Crippen LogP contribution in [0.1, 0.15) is 43.4 Å². The average molecular weight is 517 g/mol. The smallest absolute Gasteiger partial charge is 0.303 e. The lowest BCUT2D eigenvalue weighted by Crippen LogP contribution is -2.36. The van der Waals surface area contributed by atoms with Crippen molar-refractivity contribution in [3.05, 3.63) is 53.5 Å². The molecule has 2 aromatic rings. The number of nitrogens with one attached hydrogen (secondary N) is 1. The number of ether oxygens (including phenoxy) is 1. The summed E-state index contributed by atoms with van der Waals surface area (Å²) in [5.74, 6) is -0.00168.